The first-order valence-corrected chi connectivity index (χ1v) is 25.1. The van der Waals surface area contributed by atoms with Gasteiger partial charge in [-0.25, -0.2) is 15.0 Å². The molecule has 0 fully saturated rings. The normalized spacial score (nSPS) is 11.5. The van der Waals surface area contributed by atoms with Gasteiger partial charge in [0.05, 0.1) is 33.4 Å². The van der Waals surface area contributed by atoms with Gasteiger partial charge in [0.25, 0.3) is 0 Å². The first-order chi connectivity index (χ1) is 36.7. The average molecular weight is 944 g/mol. The van der Waals surface area contributed by atoms with E-state index in [0.717, 1.165) is 77.9 Å². The number of rotatable bonds is 9. The molecule has 346 valence electrons. The zero-order valence-electron chi connectivity index (χ0n) is 40.2. The summed E-state index contributed by atoms with van der Waals surface area (Å²) in [4.78, 5) is 16.0. The number of hydrogen-bond donors (Lipinski definition) is 0. The lowest BCUT2D eigenvalue weighted by atomic mass is 9.95. The summed E-state index contributed by atoms with van der Waals surface area (Å²) < 4.78 is 4.79. The number of para-hydroxylation sites is 4. The minimum absolute atomic E-state index is 0.587. The van der Waals surface area contributed by atoms with Crippen molar-refractivity contribution in [2.24, 2.45) is 0 Å². The van der Waals surface area contributed by atoms with Crippen LogP contribution in [-0.2, 0) is 0 Å². The number of hydrogen-bond acceptors (Lipinski definition) is 3. The van der Waals surface area contributed by atoms with Gasteiger partial charge in [0.2, 0.25) is 0 Å². The van der Waals surface area contributed by atoms with Gasteiger partial charge in [0.1, 0.15) is 0 Å². The molecule has 11 aromatic carbocycles. The Kier molecular flexibility index (Phi) is 10.4. The Morgan fingerprint density at radius 2 is 0.554 bits per heavy atom. The summed E-state index contributed by atoms with van der Waals surface area (Å²) >= 11 is 0. The van der Waals surface area contributed by atoms with Crippen LogP contribution in [0.25, 0.3) is 134 Å². The third-order valence-corrected chi connectivity index (χ3v) is 14.4. The molecule has 0 spiro atoms. The van der Waals surface area contributed by atoms with Gasteiger partial charge in [-0.3, -0.25) is 0 Å². The molecule has 5 nitrogen and oxygen atoms in total. The minimum Gasteiger partial charge on any atom is -0.309 e. The second kappa shape index (κ2) is 18.0. The fraction of sp³-hybridized carbons (Fsp3) is 0. The fourth-order valence-corrected chi connectivity index (χ4v) is 10.9. The highest BCUT2D eigenvalue weighted by Gasteiger charge is 2.21. The predicted octanol–water partition coefficient (Wildman–Crippen LogP) is 17.7. The van der Waals surface area contributed by atoms with E-state index in [1.165, 1.54) is 38.2 Å². The van der Waals surface area contributed by atoms with Gasteiger partial charge in [-0.1, -0.05) is 218 Å². The molecule has 0 aliphatic carbocycles. The third-order valence-electron chi connectivity index (χ3n) is 14.4. The summed E-state index contributed by atoms with van der Waals surface area (Å²) in [5.41, 5.74) is 18.4. The van der Waals surface area contributed by atoms with Gasteiger partial charge in [-0.2, -0.15) is 0 Å². The van der Waals surface area contributed by atoms with Crippen LogP contribution in [0.3, 0.4) is 0 Å². The third kappa shape index (κ3) is 7.46. The van der Waals surface area contributed by atoms with Crippen molar-refractivity contribution in [1.29, 1.82) is 0 Å². The molecule has 14 aromatic rings. The molecule has 3 heterocycles. The Labute approximate surface area is 428 Å². The van der Waals surface area contributed by atoms with Crippen molar-refractivity contribution in [3.05, 3.63) is 273 Å². The average Bonchev–Trinajstić information content (AvgIpc) is 4.02. The highest BCUT2D eigenvalue weighted by molar-refractivity contribution is 6.11. The van der Waals surface area contributed by atoms with Gasteiger partial charge in [-0.05, 0) is 88.0 Å². The molecule has 0 amide bonds. The molecular weight excluding hydrogens is 899 g/mol. The largest absolute Gasteiger partial charge is 0.309 e. The second-order valence-electron chi connectivity index (χ2n) is 18.8. The maximum absolute atomic E-state index is 5.42. The molecule has 14 rings (SSSR count). The van der Waals surface area contributed by atoms with E-state index < -0.39 is 0 Å². The quantitative estimate of drug-likeness (QED) is 0.145. The number of nitrogens with zero attached hydrogens (tertiary/aromatic N) is 5. The topological polar surface area (TPSA) is 48.5 Å². The highest BCUT2D eigenvalue weighted by Crippen LogP contribution is 2.41. The van der Waals surface area contributed by atoms with E-state index >= 15 is 0 Å². The van der Waals surface area contributed by atoms with E-state index in [1.807, 2.05) is 18.2 Å². The molecule has 0 saturated carbocycles. The van der Waals surface area contributed by atoms with Crippen LogP contribution in [-0.4, -0.2) is 24.1 Å². The van der Waals surface area contributed by atoms with Crippen molar-refractivity contribution >= 4 is 43.6 Å². The summed E-state index contributed by atoms with van der Waals surface area (Å²) in [5, 5.41) is 4.82. The zero-order chi connectivity index (χ0) is 49.0. The lowest BCUT2D eigenvalue weighted by Gasteiger charge is -2.17. The van der Waals surface area contributed by atoms with Crippen LogP contribution >= 0.6 is 0 Å². The predicted molar refractivity (Wildman–Crippen MR) is 307 cm³/mol. The molecule has 0 radical (unpaired) electrons. The molecule has 0 aliphatic rings. The maximum Gasteiger partial charge on any atom is 0.164 e. The Morgan fingerprint density at radius 1 is 0.203 bits per heavy atom. The molecule has 0 saturated heterocycles. The van der Waals surface area contributed by atoms with Crippen LogP contribution in [0.4, 0.5) is 0 Å². The standard InChI is InChI=1S/C69H45N5/c1-4-19-46(20-5-1)51-25-18-26-52(43-51)47-35-37-49(38-36-47)60-44-53(40-42-65(60)73-61-31-14-10-27-56(61)57-28-11-15-32-62(57)73)68-70-67(50-23-8-3-9-24-50)71-69(72-68)54-39-41-55(48-21-6-2-7-22-48)66(45-54)74-63-33-16-12-29-58(63)59-30-13-17-34-64(59)74/h1-45H. The molecule has 0 atom stereocenters. The molecule has 5 heteroatoms. The smallest absolute Gasteiger partial charge is 0.164 e. The van der Waals surface area contributed by atoms with E-state index in [0.29, 0.717) is 17.5 Å². The molecule has 3 aromatic heterocycles. The molecule has 0 N–H and O–H groups in total. The monoisotopic (exact) mass is 943 g/mol. The summed E-state index contributed by atoms with van der Waals surface area (Å²) in [5.74, 6) is 1.78. The van der Waals surface area contributed by atoms with Crippen molar-refractivity contribution in [1.82, 2.24) is 24.1 Å². The van der Waals surface area contributed by atoms with Crippen molar-refractivity contribution in [3.63, 3.8) is 0 Å². The Morgan fingerprint density at radius 3 is 1.08 bits per heavy atom. The summed E-state index contributed by atoms with van der Waals surface area (Å²) in [6.45, 7) is 0. The lowest BCUT2D eigenvalue weighted by Crippen LogP contribution is -2.03. The van der Waals surface area contributed by atoms with Crippen LogP contribution in [0.2, 0.25) is 0 Å². The van der Waals surface area contributed by atoms with Crippen LogP contribution in [0.1, 0.15) is 0 Å². The molecule has 74 heavy (non-hydrogen) atoms. The number of benzene rings is 11. The Hall–Kier alpha value is -9.97. The fourth-order valence-electron chi connectivity index (χ4n) is 10.9. The minimum atomic E-state index is 0.587. The SMILES string of the molecule is c1ccc(-c2cccc(-c3ccc(-c4cc(-c5nc(-c6ccccc6)nc(-c6ccc(-c7ccccc7)c(-n7c8ccccc8c8ccccc87)c6)n5)ccc4-n4c5ccccc5c5ccccc54)cc3)c2)cc1. The summed E-state index contributed by atoms with van der Waals surface area (Å²) in [6, 6.07) is 97.2. The van der Waals surface area contributed by atoms with E-state index in [1.54, 1.807) is 0 Å². The van der Waals surface area contributed by atoms with Gasteiger partial charge in [0.15, 0.2) is 17.5 Å². The molecular formula is C69H45N5. The van der Waals surface area contributed by atoms with Gasteiger partial charge in [-0.15, -0.1) is 0 Å². The first-order valence-electron chi connectivity index (χ1n) is 25.1. The van der Waals surface area contributed by atoms with Crippen molar-refractivity contribution in [2.75, 3.05) is 0 Å². The summed E-state index contributed by atoms with van der Waals surface area (Å²) in [6.07, 6.45) is 0. The molecule has 0 aliphatic heterocycles. The van der Waals surface area contributed by atoms with Crippen LogP contribution in [0.15, 0.2) is 273 Å². The Balaban J connectivity index is 0.966. The summed E-state index contributed by atoms with van der Waals surface area (Å²) in [7, 11) is 0. The maximum atomic E-state index is 5.42. The van der Waals surface area contributed by atoms with Crippen LogP contribution in [0, 0.1) is 0 Å². The van der Waals surface area contributed by atoms with Gasteiger partial charge >= 0.3 is 0 Å². The number of fused-ring (bicyclic) bond motifs is 6. The highest BCUT2D eigenvalue weighted by atomic mass is 15.0. The van der Waals surface area contributed by atoms with Gasteiger partial charge in [0, 0.05) is 49.4 Å². The zero-order valence-corrected chi connectivity index (χ0v) is 40.2. The lowest BCUT2D eigenvalue weighted by molar-refractivity contribution is 1.07. The van der Waals surface area contributed by atoms with Crippen molar-refractivity contribution < 1.29 is 0 Å². The number of aromatic nitrogens is 5. The molecule has 0 unspecified atom stereocenters. The van der Waals surface area contributed by atoms with E-state index in [4.69, 9.17) is 15.0 Å². The van der Waals surface area contributed by atoms with Crippen molar-refractivity contribution in [3.8, 4) is 90.0 Å². The Bertz CT molecular complexity index is 4300. The van der Waals surface area contributed by atoms with Crippen LogP contribution in [0.5, 0.6) is 0 Å². The van der Waals surface area contributed by atoms with Crippen LogP contribution < -0.4 is 0 Å². The van der Waals surface area contributed by atoms with E-state index in [2.05, 4.69) is 264 Å². The first kappa shape index (κ1) is 42.9. The van der Waals surface area contributed by atoms with E-state index in [-0.39, 0.29) is 0 Å². The second-order valence-corrected chi connectivity index (χ2v) is 18.8. The van der Waals surface area contributed by atoms with Gasteiger partial charge < -0.3 is 9.13 Å². The molecule has 0 bridgehead atoms. The van der Waals surface area contributed by atoms with Crippen molar-refractivity contribution in [2.45, 2.75) is 0 Å². The van der Waals surface area contributed by atoms with E-state index in [9.17, 15) is 0 Å².